The van der Waals surface area contributed by atoms with E-state index in [1.54, 1.807) is 0 Å². The molecule has 0 saturated carbocycles. The lowest BCUT2D eigenvalue weighted by Crippen LogP contribution is -1.95. The van der Waals surface area contributed by atoms with Crippen LogP contribution in [-0.2, 0) is 0 Å². The van der Waals surface area contributed by atoms with Crippen molar-refractivity contribution in [3.05, 3.63) is 0 Å². The predicted molar refractivity (Wildman–Crippen MR) is 180 cm³/mol. The molecule has 33 heavy (non-hydrogen) atoms. The maximum Gasteiger partial charge on any atom is -0.0448 e. The van der Waals surface area contributed by atoms with Crippen LogP contribution in [0.5, 0.6) is 0 Å². The molecule has 0 saturated heterocycles. The zero-order chi connectivity index (χ0) is 20.0. The molecule has 0 aromatic carbocycles. The third-order valence-corrected chi connectivity index (χ3v) is 4.02. The van der Waals surface area contributed by atoms with Crippen LogP contribution in [0.1, 0.15) is 201 Å². The summed E-state index contributed by atoms with van der Waals surface area (Å²) in [5.74, 6) is 3.50. The first-order chi connectivity index (χ1) is 11.1. The molecular formula is C33H92. The standard InChI is InChI=1S/4C6H14.9CH4/c1-5(2)6(3)4;2*1-4-5-6(2)3;1-3-5-6-4-2;;;;;;;;;/h5-6H,1-4H3;2*6H,4-5H2,1-3H3;3-6H2,1-2H3;9*1H4. The molecule has 224 valence electrons. The first-order valence-corrected chi connectivity index (χ1v) is 11.1. The fourth-order valence-corrected chi connectivity index (χ4v) is 1.65. The molecule has 0 heterocycles. The number of rotatable bonds is 8. The zero-order valence-electron chi connectivity index (χ0n) is 20.0. The van der Waals surface area contributed by atoms with Crippen molar-refractivity contribution in [1.82, 2.24) is 0 Å². The normalized spacial score (nSPS) is 7.27. The van der Waals surface area contributed by atoms with Crippen molar-refractivity contribution < 1.29 is 0 Å². The second kappa shape index (κ2) is 76.9. The summed E-state index contributed by atoms with van der Waals surface area (Å²) in [4.78, 5) is 0. The molecule has 0 heteroatoms. The summed E-state index contributed by atoms with van der Waals surface area (Å²) >= 11 is 0. The molecule has 0 rings (SSSR count). The largest absolute Gasteiger partial charge is 0.0776 e. The third kappa shape index (κ3) is 170. The SMILES string of the molecule is C.C.C.C.C.C.C.C.C.CC(C)C(C)C.CCCC(C)C.CCCC(C)C.CCCCCC. The molecule has 0 N–H and O–H groups in total. The van der Waals surface area contributed by atoms with E-state index >= 15 is 0 Å². The first kappa shape index (κ1) is 84.5. The average molecular weight is 489 g/mol. The van der Waals surface area contributed by atoms with Crippen LogP contribution in [0.3, 0.4) is 0 Å². The smallest absolute Gasteiger partial charge is 0.0448 e. The van der Waals surface area contributed by atoms with E-state index in [1.165, 1.54) is 51.4 Å². The Balaban J connectivity index is -0.0000000135. The Morgan fingerprint density at radius 1 is 0.333 bits per heavy atom. The molecule has 0 bridgehead atoms. The van der Waals surface area contributed by atoms with Crippen LogP contribution in [0.4, 0.5) is 0 Å². The predicted octanol–water partition coefficient (Wildman–Crippen LogP) is 15.5. The fraction of sp³-hybridized carbons (Fsp3) is 1.00. The highest BCUT2D eigenvalue weighted by molar-refractivity contribution is 4.46. The fourth-order valence-electron chi connectivity index (χ4n) is 1.65. The van der Waals surface area contributed by atoms with Gasteiger partial charge in [-0.3, -0.25) is 0 Å². The minimum atomic E-state index is 0. The Morgan fingerprint density at radius 2 is 0.515 bits per heavy atom. The maximum atomic E-state index is 2.25. The van der Waals surface area contributed by atoms with Gasteiger partial charge in [0.15, 0.2) is 0 Å². The second-order valence-electron chi connectivity index (χ2n) is 8.56. The molecule has 0 aliphatic rings. The Bertz CT molecular complexity index is 145. The molecule has 0 atom stereocenters. The van der Waals surface area contributed by atoms with Crippen molar-refractivity contribution in [3.8, 4) is 0 Å². The summed E-state index contributed by atoms with van der Waals surface area (Å²) in [6, 6.07) is 0. The van der Waals surface area contributed by atoms with E-state index in [0.717, 1.165) is 23.7 Å². The Kier molecular flexibility index (Phi) is 197. The Hall–Kier alpha value is 0. The monoisotopic (exact) mass is 489 g/mol. The van der Waals surface area contributed by atoms with Crippen LogP contribution < -0.4 is 0 Å². The second-order valence-corrected chi connectivity index (χ2v) is 8.56. The van der Waals surface area contributed by atoms with Gasteiger partial charge in [0.2, 0.25) is 0 Å². The van der Waals surface area contributed by atoms with Crippen molar-refractivity contribution in [2.75, 3.05) is 0 Å². The van der Waals surface area contributed by atoms with E-state index in [9.17, 15) is 0 Å². The van der Waals surface area contributed by atoms with E-state index in [-0.39, 0.29) is 66.8 Å². The molecule has 0 amide bonds. The van der Waals surface area contributed by atoms with Crippen molar-refractivity contribution in [3.63, 3.8) is 0 Å². The van der Waals surface area contributed by atoms with Crippen LogP contribution in [0.2, 0.25) is 0 Å². The van der Waals surface area contributed by atoms with Crippen molar-refractivity contribution in [2.45, 2.75) is 201 Å². The van der Waals surface area contributed by atoms with Gasteiger partial charge in [-0.1, -0.05) is 201 Å². The number of hydrogen-bond donors (Lipinski definition) is 0. The van der Waals surface area contributed by atoms with Gasteiger partial charge in [-0.2, -0.15) is 0 Å². The van der Waals surface area contributed by atoms with Gasteiger partial charge in [0, 0.05) is 0 Å². The molecule has 0 nitrogen and oxygen atoms in total. The van der Waals surface area contributed by atoms with Gasteiger partial charge in [0.1, 0.15) is 0 Å². The highest BCUT2D eigenvalue weighted by atomic mass is 14.0. The summed E-state index contributed by atoms with van der Waals surface area (Å²) in [6.45, 7) is 26.9. The first-order valence-electron chi connectivity index (χ1n) is 11.1. The molecule has 0 aliphatic carbocycles. The van der Waals surface area contributed by atoms with Crippen LogP contribution in [0.25, 0.3) is 0 Å². The van der Waals surface area contributed by atoms with Gasteiger partial charge in [-0.05, 0) is 23.7 Å². The minimum absolute atomic E-state index is 0. The van der Waals surface area contributed by atoms with Gasteiger partial charge in [-0.25, -0.2) is 0 Å². The summed E-state index contributed by atoms with van der Waals surface area (Å²) in [6.07, 6.45) is 10.9. The van der Waals surface area contributed by atoms with Crippen LogP contribution in [0, 0.1) is 23.7 Å². The zero-order valence-corrected chi connectivity index (χ0v) is 20.0. The van der Waals surface area contributed by atoms with Gasteiger partial charge < -0.3 is 0 Å². The average Bonchev–Trinajstić information content (AvgIpc) is 2.46. The van der Waals surface area contributed by atoms with E-state index < -0.39 is 0 Å². The van der Waals surface area contributed by atoms with Gasteiger partial charge >= 0.3 is 0 Å². The molecule has 0 unspecified atom stereocenters. The molecule has 0 aliphatic heterocycles. The molecule has 0 fully saturated rings. The molecule has 0 aromatic rings. The lowest BCUT2D eigenvalue weighted by Gasteiger charge is -2.05. The molecule has 0 aromatic heterocycles. The molecule has 0 spiro atoms. The highest BCUT2D eigenvalue weighted by Crippen LogP contribution is 2.05. The van der Waals surface area contributed by atoms with Crippen LogP contribution >= 0.6 is 0 Å². The van der Waals surface area contributed by atoms with Crippen LogP contribution in [0.15, 0.2) is 0 Å². The summed E-state index contributed by atoms with van der Waals surface area (Å²) in [5, 5.41) is 0. The summed E-state index contributed by atoms with van der Waals surface area (Å²) in [7, 11) is 0. The third-order valence-electron chi connectivity index (χ3n) is 4.02. The molecular weight excluding hydrogens is 396 g/mol. The quantitative estimate of drug-likeness (QED) is 0.298. The van der Waals surface area contributed by atoms with Crippen molar-refractivity contribution in [1.29, 1.82) is 0 Å². The van der Waals surface area contributed by atoms with Gasteiger partial charge in [0.25, 0.3) is 0 Å². The van der Waals surface area contributed by atoms with Crippen molar-refractivity contribution >= 4 is 0 Å². The van der Waals surface area contributed by atoms with Gasteiger partial charge in [0.05, 0.1) is 0 Å². The Morgan fingerprint density at radius 3 is 0.545 bits per heavy atom. The van der Waals surface area contributed by atoms with E-state index in [4.69, 9.17) is 0 Å². The number of unbranched alkanes of at least 4 members (excludes halogenated alkanes) is 3. The highest BCUT2D eigenvalue weighted by Gasteiger charge is 1.95. The lowest BCUT2D eigenvalue weighted by atomic mass is 10.0. The number of hydrogen-bond acceptors (Lipinski definition) is 0. The van der Waals surface area contributed by atoms with E-state index in [0.29, 0.717) is 0 Å². The van der Waals surface area contributed by atoms with Crippen molar-refractivity contribution in [2.24, 2.45) is 23.7 Å². The summed E-state index contributed by atoms with van der Waals surface area (Å²) < 4.78 is 0. The lowest BCUT2D eigenvalue weighted by molar-refractivity contribution is 0.457. The maximum absolute atomic E-state index is 2.25. The molecule has 0 radical (unpaired) electrons. The van der Waals surface area contributed by atoms with E-state index in [1.807, 2.05) is 0 Å². The van der Waals surface area contributed by atoms with E-state index in [2.05, 4.69) is 83.1 Å². The topological polar surface area (TPSA) is 0 Å². The Labute approximate surface area is 224 Å². The van der Waals surface area contributed by atoms with Crippen LogP contribution in [-0.4, -0.2) is 0 Å². The summed E-state index contributed by atoms with van der Waals surface area (Å²) in [5.41, 5.74) is 0. The minimum Gasteiger partial charge on any atom is -0.0776 e. The van der Waals surface area contributed by atoms with Gasteiger partial charge in [-0.15, -0.1) is 0 Å².